The molecule has 0 saturated carbocycles. The predicted molar refractivity (Wildman–Crippen MR) is 56.3 cm³/mol. The number of nitrogens with zero attached hydrogens (tertiary/aromatic N) is 2. The van der Waals surface area contributed by atoms with E-state index in [0.29, 0.717) is 5.56 Å². The monoisotopic (exact) mass is 200 g/mol. The highest BCUT2D eigenvalue weighted by atomic mass is 16.6. The van der Waals surface area contributed by atoms with Crippen LogP contribution in [0.4, 0.5) is 5.69 Å². The Hall–Kier alpha value is -2.23. The molecule has 0 amide bonds. The van der Waals surface area contributed by atoms with E-state index in [-0.39, 0.29) is 10.6 Å². The summed E-state index contributed by atoms with van der Waals surface area (Å²) < 4.78 is 0. The van der Waals surface area contributed by atoms with Gasteiger partial charge in [0.25, 0.3) is 5.69 Å². The van der Waals surface area contributed by atoms with Gasteiger partial charge in [0.05, 0.1) is 10.5 Å². The van der Waals surface area contributed by atoms with Gasteiger partial charge in [-0.2, -0.15) is 0 Å². The van der Waals surface area contributed by atoms with E-state index in [9.17, 15) is 10.1 Å². The van der Waals surface area contributed by atoms with Gasteiger partial charge in [0.2, 0.25) is 0 Å². The van der Waals surface area contributed by atoms with Crippen LogP contribution in [0.25, 0.3) is 11.1 Å². The molecule has 2 aromatic rings. The van der Waals surface area contributed by atoms with Crippen molar-refractivity contribution in [2.24, 2.45) is 0 Å². The van der Waals surface area contributed by atoms with Gasteiger partial charge in [-0.25, -0.2) is 0 Å². The second-order valence-corrected chi connectivity index (χ2v) is 3.01. The number of aromatic nitrogens is 1. The normalized spacial score (nSPS) is 9.87. The lowest BCUT2D eigenvalue weighted by molar-refractivity contribution is -0.384. The van der Waals surface area contributed by atoms with Gasteiger partial charge >= 0.3 is 0 Å². The first kappa shape index (κ1) is 9.33. The Morgan fingerprint density at radius 2 is 1.73 bits per heavy atom. The molecule has 0 radical (unpaired) electrons. The third-order valence-corrected chi connectivity index (χ3v) is 2.09. The summed E-state index contributed by atoms with van der Waals surface area (Å²) in [6.45, 7) is 0. The van der Waals surface area contributed by atoms with Gasteiger partial charge in [-0.15, -0.1) is 0 Å². The molecule has 1 aromatic carbocycles. The molecular weight excluding hydrogens is 192 g/mol. The van der Waals surface area contributed by atoms with E-state index in [2.05, 4.69) is 4.98 Å². The summed E-state index contributed by atoms with van der Waals surface area (Å²) in [5.74, 6) is 0. The molecule has 74 valence electrons. The maximum Gasteiger partial charge on any atom is 0.277 e. The quantitative estimate of drug-likeness (QED) is 0.553. The second-order valence-electron chi connectivity index (χ2n) is 3.01. The zero-order valence-corrected chi connectivity index (χ0v) is 7.83. The van der Waals surface area contributed by atoms with E-state index < -0.39 is 0 Å². The number of nitro groups is 1. The van der Waals surface area contributed by atoms with Crippen molar-refractivity contribution in [1.29, 1.82) is 0 Å². The SMILES string of the molecule is O=[N+]([O-])c1ccccc1-c1ccncc1. The van der Waals surface area contributed by atoms with Crippen molar-refractivity contribution >= 4 is 5.69 Å². The van der Waals surface area contributed by atoms with Crippen LogP contribution in [-0.2, 0) is 0 Å². The fourth-order valence-electron chi connectivity index (χ4n) is 1.41. The summed E-state index contributed by atoms with van der Waals surface area (Å²) in [5.41, 5.74) is 1.53. The zero-order valence-electron chi connectivity index (χ0n) is 7.83. The van der Waals surface area contributed by atoms with Crippen molar-refractivity contribution in [2.75, 3.05) is 0 Å². The number of rotatable bonds is 2. The molecule has 0 spiro atoms. The lowest BCUT2D eigenvalue weighted by Gasteiger charge is -2.01. The Kier molecular flexibility index (Phi) is 2.41. The van der Waals surface area contributed by atoms with Gasteiger partial charge in [0.1, 0.15) is 0 Å². The first-order valence-corrected chi connectivity index (χ1v) is 4.43. The fraction of sp³-hybridized carbons (Fsp3) is 0. The van der Waals surface area contributed by atoms with Crippen molar-refractivity contribution in [1.82, 2.24) is 4.98 Å². The van der Waals surface area contributed by atoms with Crippen molar-refractivity contribution in [3.63, 3.8) is 0 Å². The minimum atomic E-state index is -0.379. The van der Waals surface area contributed by atoms with Crippen molar-refractivity contribution in [3.05, 3.63) is 58.9 Å². The summed E-state index contributed by atoms with van der Waals surface area (Å²) >= 11 is 0. The molecule has 0 atom stereocenters. The summed E-state index contributed by atoms with van der Waals surface area (Å²) in [5, 5.41) is 10.8. The summed E-state index contributed by atoms with van der Waals surface area (Å²) in [4.78, 5) is 14.3. The molecule has 0 fully saturated rings. The molecule has 1 aromatic heterocycles. The van der Waals surface area contributed by atoms with E-state index in [4.69, 9.17) is 0 Å². The van der Waals surface area contributed by atoms with Crippen molar-refractivity contribution in [2.45, 2.75) is 0 Å². The minimum Gasteiger partial charge on any atom is -0.265 e. The maximum absolute atomic E-state index is 10.8. The highest BCUT2D eigenvalue weighted by Crippen LogP contribution is 2.28. The van der Waals surface area contributed by atoms with Crippen LogP contribution in [0.2, 0.25) is 0 Å². The van der Waals surface area contributed by atoms with E-state index in [0.717, 1.165) is 5.56 Å². The van der Waals surface area contributed by atoms with Crippen LogP contribution < -0.4 is 0 Å². The molecule has 2 rings (SSSR count). The average molecular weight is 200 g/mol. The van der Waals surface area contributed by atoms with Crippen molar-refractivity contribution in [3.8, 4) is 11.1 Å². The third-order valence-electron chi connectivity index (χ3n) is 2.09. The Balaban J connectivity index is 2.58. The number of nitro benzene ring substituents is 1. The fourth-order valence-corrected chi connectivity index (χ4v) is 1.41. The first-order valence-electron chi connectivity index (χ1n) is 4.43. The average Bonchev–Trinajstić information content (AvgIpc) is 2.30. The van der Waals surface area contributed by atoms with E-state index >= 15 is 0 Å². The molecule has 0 bridgehead atoms. The number of hydrogen-bond donors (Lipinski definition) is 0. The summed E-state index contributed by atoms with van der Waals surface area (Å²) in [7, 11) is 0. The Morgan fingerprint density at radius 1 is 1.07 bits per heavy atom. The van der Waals surface area contributed by atoms with Crippen LogP contribution in [0.3, 0.4) is 0 Å². The molecule has 0 unspecified atom stereocenters. The lowest BCUT2D eigenvalue weighted by atomic mass is 10.1. The number of pyridine rings is 1. The zero-order chi connectivity index (χ0) is 10.7. The van der Waals surface area contributed by atoms with Crippen LogP contribution in [0, 0.1) is 10.1 Å². The minimum absolute atomic E-state index is 0.115. The maximum atomic E-state index is 10.8. The standard InChI is InChI=1S/C11H8N2O2/c14-13(15)11-4-2-1-3-10(11)9-5-7-12-8-6-9/h1-8H. The highest BCUT2D eigenvalue weighted by Gasteiger charge is 2.13. The Morgan fingerprint density at radius 3 is 2.40 bits per heavy atom. The predicted octanol–water partition coefficient (Wildman–Crippen LogP) is 2.66. The van der Waals surface area contributed by atoms with Gasteiger partial charge in [0.15, 0.2) is 0 Å². The highest BCUT2D eigenvalue weighted by molar-refractivity contribution is 5.72. The van der Waals surface area contributed by atoms with Crippen molar-refractivity contribution < 1.29 is 4.92 Å². The van der Waals surface area contributed by atoms with Gasteiger partial charge in [-0.3, -0.25) is 15.1 Å². The molecule has 4 heteroatoms. The first-order chi connectivity index (χ1) is 7.29. The molecular formula is C11H8N2O2. The summed E-state index contributed by atoms with van der Waals surface area (Å²) in [6.07, 6.45) is 3.23. The van der Waals surface area contributed by atoms with Crippen LogP contribution in [0.1, 0.15) is 0 Å². The topological polar surface area (TPSA) is 56.0 Å². The molecule has 4 nitrogen and oxygen atoms in total. The van der Waals surface area contributed by atoms with Crippen LogP contribution in [-0.4, -0.2) is 9.91 Å². The molecule has 0 saturated heterocycles. The largest absolute Gasteiger partial charge is 0.277 e. The Labute approximate surface area is 86.4 Å². The van der Waals surface area contributed by atoms with E-state index in [1.54, 1.807) is 42.7 Å². The van der Waals surface area contributed by atoms with Crippen LogP contribution in [0.15, 0.2) is 48.8 Å². The second kappa shape index (κ2) is 3.88. The van der Waals surface area contributed by atoms with E-state index in [1.165, 1.54) is 6.07 Å². The third kappa shape index (κ3) is 1.83. The smallest absolute Gasteiger partial charge is 0.265 e. The number of benzene rings is 1. The lowest BCUT2D eigenvalue weighted by Crippen LogP contribution is -1.91. The van der Waals surface area contributed by atoms with Gasteiger partial charge < -0.3 is 0 Å². The molecule has 0 aliphatic rings. The van der Waals surface area contributed by atoms with Gasteiger partial charge in [0, 0.05) is 18.5 Å². The molecule has 1 heterocycles. The Bertz CT molecular complexity index is 483. The molecule has 15 heavy (non-hydrogen) atoms. The van der Waals surface area contributed by atoms with E-state index in [1.807, 2.05) is 0 Å². The number of hydrogen-bond acceptors (Lipinski definition) is 3. The van der Waals surface area contributed by atoms with Gasteiger partial charge in [-0.05, 0) is 23.8 Å². The van der Waals surface area contributed by atoms with Crippen LogP contribution >= 0.6 is 0 Å². The summed E-state index contributed by atoms with van der Waals surface area (Å²) in [6, 6.07) is 10.2. The molecule has 0 aliphatic heterocycles. The van der Waals surface area contributed by atoms with Crippen LogP contribution in [0.5, 0.6) is 0 Å². The number of para-hydroxylation sites is 1. The van der Waals surface area contributed by atoms with Gasteiger partial charge in [-0.1, -0.05) is 12.1 Å². The molecule has 0 N–H and O–H groups in total. The molecule has 0 aliphatic carbocycles.